The molecule has 0 aliphatic carbocycles. The van der Waals surface area contributed by atoms with Gasteiger partial charge in [0.2, 0.25) is 10.0 Å². The molecule has 0 saturated heterocycles. The van der Waals surface area contributed by atoms with Crippen LogP contribution < -0.4 is 4.80 Å². The molecule has 3 aromatic rings. The summed E-state index contributed by atoms with van der Waals surface area (Å²) < 4.78 is 34.4. The minimum Gasteiger partial charge on any atom is -0.468 e. The molecule has 1 amide bonds. The van der Waals surface area contributed by atoms with Crippen LogP contribution in [0.15, 0.2) is 52.4 Å². The summed E-state index contributed by atoms with van der Waals surface area (Å²) in [7, 11) is -2.36. The van der Waals surface area contributed by atoms with Crippen molar-refractivity contribution in [3.63, 3.8) is 0 Å². The zero-order chi connectivity index (χ0) is 24.9. The van der Waals surface area contributed by atoms with E-state index in [9.17, 15) is 18.0 Å². The van der Waals surface area contributed by atoms with Crippen molar-refractivity contribution in [2.75, 3.05) is 20.2 Å². The second-order valence-electron chi connectivity index (χ2n) is 7.45. The van der Waals surface area contributed by atoms with Gasteiger partial charge in [-0.25, -0.2) is 8.42 Å². The van der Waals surface area contributed by atoms with Crippen LogP contribution in [0.1, 0.15) is 37.0 Å². The van der Waals surface area contributed by atoms with Gasteiger partial charge in [0.05, 0.1) is 22.2 Å². The average molecular weight is 524 g/mol. The van der Waals surface area contributed by atoms with E-state index in [2.05, 4.69) is 4.99 Å². The molecule has 0 bridgehead atoms. The van der Waals surface area contributed by atoms with Crippen LogP contribution in [-0.2, 0) is 26.1 Å². The summed E-state index contributed by atoms with van der Waals surface area (Å²) in [6, 6.07) is 10.9. The molecular weight excluding hydrogens is 498 g/mol. The molecule has 1 heterocycles. The number of hydrogen-bond acceptors (Lipinski definition) is 6. The topological polar surface area (TPSA) is 98.0 Å². The maximum atomic E-state index is 12.9. The van der Waals surface area contributed by atoms with Gasteiger partial charge in [-0.05, 0) is 48.9 Å². The lowest BCUT2D eigenvalue weighted by atomic mass is 10.2. The largest absolute Gasteiger partial charge is 0.468 e. The molecule has 0 atom stereocenters. The van der Waals surface area contributed by atoms with Gasteiger partial charge in [0.15, 0.2) is 4.80 Å². The van der Waals surface area contributed by atoms with Gasteiger partial charge >= 0.3 is 5.97 Å². The first-order valence-electron chi connectivity index (χ1n) is 10.8. The van der Waals surface area contributed by atoms with Crippen molar-refractivity contribution in [2.45, 2.75) is 38.1 Å². The number of aromatic nitrogens is 1. The fourth-order valence-corrected chi connectivity index (χ4v) is 6.12. The van der Waals surface area contributed by atoms with Gasteiger partial charge in [-0.3, -0.25) is 9.59 Å². The van der Waals surface area contributed by atoms with Gasteiger partial charge in [0.1, 0.15) is 6.54 Å². The van der Waals surface area contributed by atoms with E-state index >= 15 is 0 Å². The van der Waals surface area contributed by atoms with E-state index < -0.39 is 21.9 Å². The lowest BCUT2D eigenvalue weighted by Gasteiger charge is -2.20. The predicted octanol–water partition coefficient (Wildman–Crippen LogP) is 4.08. The Balaban J connectivity index is 1.96. The van der Waals surface area contributed by atoms with Crippen LogP contribution in [-0.4, -0.2) is 49.4 Å². The SMILES string of the molecule is CCCCN(CC)S(=O)(=O)c1ccc(C(=O)N=c2sc3cc(Cl)ccc3n2CC(=O)OC)cc1. The lowest BCUT2D eigenvalue weighted by Crippen LogP contribution is -2.31. The third-order valence-electron chi connectivity index (χ3n) is 5.21. The molecule has 0 aliphatic heterocycles. The minimum atomic E-state index is -3.64. The highest BCUT2D eigenvalue weighted by molar-refractivity contribution is 7.89. The summed E-state index contributed by atoms with van der Waals surface area (Å²) in [5.41, 5.74) is 0.926. The third-order valence-corrected chi connectivity index (χ3v) is 8.47. The zero-order valence-corrected chi connectivity index (χ0v) is 21.5. The van der Waals surface area contributed by atoms with Crippen molar-refractivity contribution in [1.29, 1.82) is 0 Å². The number of hydrogen-bond donors (Lipinski definition) is 0. The molecule has 0 spiro atoms. The van der Waals surface area contributed by atoms with Crippen LogP contribution in [0.4, 0.5) is 0 Å². The van der Waals surface area contributed by atoms with E-state index in [1.165, 1.54) is 47.0 Å². The maximum absolute atomic E-state index is 12.9. The highest BCUT2D eigenvalue weighted by atomic mass is 35.5. The van der Waals surface area contributed by atoms with E-state index in [0.717, 1.165) is 17.5 Å². The molecular formula is C23H26ClN3O5S2. The van der Waals surface area contributed by atoms with Crippen LogP contribution in [0.5, 0.6) is 0 Å². The Morgan fingerprint density at radius 2 is 1.85 bits per heavy atom. The number of sulfonamides is 1. The van der Waals surface area contributed by atoms with Crippen LogP contribution in [0, 0.1) is 0 Å². The first-order valence-corrected chi connectivity index (χ1v) is 13.4. The molecule has 8 nitrogen and oxygen atoms in total. The van der Waals surface area contributed by atoms with Gasteiger partial charge in [0, 0.05) is 23.7 Å². The molecule has 182 valence electrons. The Morgan fingerprint density at radius 1 is 1.15 bits per heavy atom. The van der Waals surface area contributed by atoms with Crippen molar-refractivity contribution < 1.29 is 22.7 Å². The standard InChI is InChI=1S/C23H26ClN3O5S2/c1-4-6-13-26(5-2)34(30,31)18-10-7-16(8-11-18)22(29)25-23-27(15-21(28)32-3)19-12-9-17(24)14-20(19)33-23/h7-12,14H,4-6,13,15H2,1-3H3. The number of amides is 1. The zero-order valence-electron chi connectivity index (χ0n) is 19.2. The smallest absolute Gasteiger partial charge is 0.325 e. The highest BCUT2D eigenvalue weighted by Crippen LogP contribution is 2.22. The van der Waals surface area contributed by atoms with Gasteiger partial charge < -0.3 is 9.30 Å². The summed E-state index contributed by atoms with van der Waals surface area (Å²) in [6.07, 6.45) is 1.66. The normalized spacial score (nSPS) is 12.4. The number of methoxy groups -OCH3 is 1. The first kappa shape index (κ1) is 26.1. The van der Waals surface area contributed by atoms with Crippen LogP contribution >= 0.6 is 22.9 Å². The summed E-state index contributed by atoms with van der Waals surface area (Å²) in [5, 5.41) is 0.522. The Bertz CT molecular complexity index is 1360. The van der Waals surface area contributed by atoms with Crippen molar-refractivity contribution in [2.24, 2.45) is 4.99 Å². The number of esters is 1. The van der Waals surface area contributed by atoms with Gasteiger partial charge in [-0.1, -0.05) is 43.2 Å². The number of rotatable bonds is 9. The second-order valence-corrected chi connectivity index (χ2v) is 10.8. The maximum Gasteiger partial charge on any atom is 0.325 e. The fourth-order valence-electron chi connectivity index (χ4n) is 3.33. The molecule has 0 radical (unpaired) electrons. The first-order chi connectivity index (χ1) is 16.2. The summed E-state index contributed by atoms with van der Waals surface area (Å²) in [5.74, 6) is -1.04. The number of ether oxygens (including phenoxy) is 1. The fraction of sp³-hybridized carbons (Fsp3) is 0.348. The number of benzene rings is 2. The quantitative estimate of drug-likeness (QED) is 0.393. The monoisotopic (exact) mass is 523 g/mol. The molecule has 0 saturated carbocycles. The van der Waals surface area contributed by atoms with Crippen molar-refractivity contribution in [1.82, 2.24) is 8.87 Å². The Labute approximate surface area is 207 Å². The van der Waals surface area contributed by atoms with Crippen LogP contribution in [0.3, 0.4) is 0 Å². The van der Waals surface area contributed by atoms with E-state index in [4.69, 9.17) is 16.3 Å². The number of carbonyl (C=O) groups excluding carboxylic acids is 2. The van der Waals surface area contributed by atoms with E-state index in [-0.39, 0.29) is 17.0 Å². The van der Waals surface area contributed by atoms with Crippen LogP contribution in [0.2, 0.25) is 5.02 Å². The van der Waals surface area contributed by atoms with E-state index in [0.29, 0.717) is 28.4 Å². The van der Waals surface area contributed by atoms with Crippen LogP contribution in [0.25, 0.3) is 10.2 Å². The lowest BCUT2D eigenvalue weighted by molar-refractivity contribution is -0.141. The van der Waals surface area contributed by atoms with E-state index in [1.807, 2.05) is 6.92 Å². The van der Waals surface area contributed by atoms with E-state index in [1.54, 1.807) is 29.7 Å². The molecule has 0 aliphatic rings. The number of unbranched alkanes of at least 4 members (excludes halogenated alkanes) is 1. The van der Waals surface area contributed by atoms with Gasteiger partial charge in [0.25, 0.3) is 5.91 Å². The van der Waals surface area contributed by atoms with Crippen molar-refractivity contribution >= 4 is 55.1 Å². The molecule has 3 rings (SSSR count). The Morgan fingerprint density at radius 3 is 2.47 bits per heavy atom. The number of nitrogens with zero attached hydrogens (tertiary/aromatic N) is 3. The van der Waals surface area contributed by atoms with Crippen molar-refractivity contribution in [3.05, 3.63) is 57.9 Å². The Kier molecular flexibility index (Phi) is 8.64. The molecule has 0 unspecified atom stereocenters. The number of fused-ring (bicyclic) bond motifs is 1. The molecule has 34 heavy (non-hydrogen) atoms. The van der Waals surface area contributed by atoms with Gasteiger partial charge in [-0.2, -0.15) is 9.30 Å². The molecule has 0 N–H and O–H groups in total. The molecule has 1 aromatic heterocycles. The molecule has 11 heteroatoms. The minimum absolute atomic E-state index is 0.119. The summed E-state index contributed by atoms with van der Waals surface area (Å²) in [6.45, 7) is 4.50. The third kappa shape index (κ3) is 5.75. The molecule has 0 fully saturated rings. The number of carbonyl (C=O) groups is 2. The van der Waals surface area contributed by atoms with Gasteiger partial charge in [-0.15, -0.1) is 0 Å². The number of halogens is 1. The average Bonchev–Trinajstić information content (AvgIpc) is 3.14. The van der Waals surface area contributed by atoms with Crippen molar-refractivity contribution in [3.8, 4) is 0 Å². The number of thiazole rings is 1. The Hall–Kier alpha value is -2.53. The highest BCUT2D eigenvalue weighted by Gasteiger charge is 2.23. The summed E-state index contributed by atoms with van der Waals surface area (Å²) in [4.78, 5) is 29.4. The second kappa shape index (κ2) is 11.3. The predicted molar refractivity (Wildman–Crippen MR) is 133 cm³/mol. The summed E-state index contributed by atoms with van der Waals surface area (Å²) >= 11 is 7.30. The molecule has 2 aromatic carbocycles.